The molecule has 1 aromatic carbocycles. The Morgan fingerprint density at radius 2 is 2.04 bits per heavy atom. The van der Waals surface area contributed by atoms with E-state index in [9.17, 15) is 8.42 Å². The van der Waals surface area contributed by atoms with Crippen molar-refractivity contribution in [2.45, 2.75) is 31.2 Å². The molecular weight excluding hydrogens is 314 g/mol. The van der Waals surface area contributed by atoms with Crippen LogP contribution in [-0.2, 0) is 16.4 Å². The Morgan fingerprint density at radius 1 is 1.30 bits per heavy atom. The molecule has 1 aromatic heterocycles. The zero-order chi connectivity index (χ0) is 16.3. The summed E-state index contributed by atoms with van der Waals surface area (Å²) in [6.45, 7) is 2.81. The number of para-hydroxylation sites is 1. The number of aryl methyl sites for hydroxylation is 1. The lowest BCUT2D eigenvalue weighted by atomic mass is 10.1. The second-order valence-corrected chi connectivity index (χ2v) is 7.71. The van der Waals surface area contributed by atoms with Gasteiger partial charge < -0.3 is 9.72 Å². The highest BCUT2D eigenvalue weighted by atomic mass is 32.2. The van der Waals surface area contributed by atoms with Crippen molar-refractivity contribution in [3.8, 4) is 5.75 Å². The van der Waals surface area contributed by atoms with E-state index in [4.69, 9.17) is 4.74 Å². The second kappa shape index (κ2) is 6.33. The summed E-state index contributed by atoms with van der Waals surface area (Å²) in [6.07, 6.45) is 3.96. The number of hydrogen-bond acceptors (Lipinski definition) is 4. The van der Waals surface area contributed by atoms with Gasteiger partial charge in [-0.1, -0.05) is 25.1 Å². The fourth-order valence-corrected chi connectivity index (χ4v) is 3.38. The molecular formula is C16H21N3O3S. The summed E-state index contributed by atoms with van der Waals surface area (Å²) < 4.78 is 33.0. The number of hydrogen-bond donors (Lipinski definition) is 2. The number of aromatic nitrogens is 2. The van der Waals surface area contributed by atoms with Gasteiger partial charge in [-0.05, 0) is 25.0 Å². The number of aromatic amines is 1. The van der Waals surface area contributed by atoms with Crippen molar-refractivity contribution >= 4 is 10.0 Å². The minimum atomic E-state index is -3.55. The normalized spacial score (nSPS) is 16.2. The number of sulfonamides is 1. The van der Waals surface area contributed by atoms with E-state index in [0.29, 0.717) is 25.4 Å². The van der Waals surface area contributed by atoms with E-state index in [1.165, 1.54) is 6.20 Å². The predicted octanol–water partition coefficient (Wildman–Crippen LogP) is 2.11. The largest absolute Gasteiger partial charge is 0.493 e. The van der Waals surface area contributed by atoms with E-state index in [1.54, 1.807) is 0 Å². The van der Waals surface area contributed by atoms with Crippen LogP contribution >= 0.6 is 0 Å². The van der Waals surface area contributed by atoms with E-state index in [2.05, 4.69) is 14.7 Å². The number of H-pyrrole nitrogens is 1. The van der Waals surface area contributed by atoms with Crippen LogP contribution in [0.1, 0.15) is 25.6 Å². The van der Waals surface area contributed by atoms with E-state index >= 15 is 0 Å². The molecule has 0 radical (unpaired) electrons. The fourth-order valence-electron chi connectivity index (χ4n) is 2.29. The zero-order valence-electron chi connectivity index (χ0n) is 13.1. The quantitative estimate of drug-likeness (QED) is 0.774. The molecule has 1 heterocycles. The molecule has 3 rings (SSSR count). The van der Waals surface area contributed by atoms with Crippen LogP contribution in [0.3, 0.4) is 0 Å². The standard InChI is InChI=1S/C16H21N3O3S/c1-2-14-17-10-15(19-14)23(20,21)18-11-16(8-9-16)12-22-13-6-4-3-5-7-13/h3-7,10,18H,2,8-9,11-12H2,1H3,(H,17,19). The zero-order valence-corrected chi connectivity index (χ0v) is 13.9. The summed E-state index contributed by atoms with van der Waals surface area (Å²) in [7, 11) is -3.55. The maximum Gasteiger partial charge on any atom is 0.257 e. The van der Waals surface area contributed by atoms with Crippen molar-refractivity contribution in [1.29, 1.82) is 0 Å². The van der Waals surface area contributed by atoms with Gasteiger partial charge in [0.1, 0.15) is 11.6 Å². The average molecular weight is 335 g/mol. The van der Waals surface area contributed by atoms with Gasteiger partial charge in [0.15, 0.2) is 5.03 Å². The highest BCUT2D eigenvalue weighted by Gasteiger charge is 2.44. The van der Waals surface area contributed by atoms with Crippen LogP contribution in [0.15, 0.2) is 41.6 Å². The van der Waals surface area contributed by atoms with Gasteiger partial charge in [-0.15, -0.1) is 0 Å². The van der Waals surface area contributed by atoms with Gasteiger partial charge in [0.05, 0.1) is 12.8 Å². The van der Waals surface area contributed by atoms with Crippen molar-refractivity contribution in [1.82, 2.24) is 14.7 Å². The number of rotatable bonds is 8. The van der Waals surface area contributed by atoms with Crippen molar-refractivity contribution in [2.75, 3.05) is 13.2 Å². The molecule has 124 valence electrons. The molecule has 0 spiro atoms. The first kappa shape index (κ1) is 16.0. The van der Waals surface area contributed by atoms with Gasteiger partial charge in [0, 0.05) is 18.4 Å². The summed E-state index contributed by atoms with van der Waals surface area (Å²) >= 11 is 0. The van der Waals surface area contributed by atoms with Crippen molar-refractivity contribution < 1.29 is 13.2 Å². The van der Waals surface area contributed by atoms with Crippen LogP contribution in [-0.4, -0.2) is 31.5 Å². The third-order valence-electron chi connectivity index (χ3n) is 4.11. The Balaban J connectivity index is 1.56. The second-order valence-electron chi connectivity index (χ2n) is 5.97. The van der Waals surface area contributed by atoms with Gasteiger partial charge in [-0.3, -0.25) is 0 Å². The Kier molecular flexibility index (Phi) is 4.41. The average Bonchev–Trinajstić information content (AvgIpc) is 3.17. The molecule has 1 aliphatic carbocycles. The molecule has 23 heavy (non-hydrogen) atoms. The van der Waals surface area contributed by atoms with Gasteiger partial charge in [-0.2, -0.15) is 0 Å². The maximum absolute atomic E-state index is 12.3. The van der Waals surface area contributed by atoms with Crippen LogP contribution in [0.4, 0.5) is 0 Å². The topological polar surface area (TPSA) is 84.1 Å². The summed E-state index contributed by atoms with van der Waals surface area (Å²) in [4.78, 5) is 6.86. The van der Waals surface area contributed by atoms with Crippen LogP contribution in [0.25, 0.3) is 0 Å². The van der Waals surface area contributed by atoms with E-state index < -0.39 is 10.0 Å². The number of benzene rings is 1. The molecule has 0 bridgehead atoms. The van der Waals surface area contributed by atoms with Crippen LogP contribution in [0.2, 0.25) is 0 Å². The summed E-state index contributed by atoms with van der Waals surface area (Å²) in [5.74, 6) is 1.47. The third-order valence-corrected chi connectivity index (χ3v) is 5.42. The first-order valence-corrected chi connectivity index (χ1v) is 9.23. The molecule has 0 aliphatic heterocycles. The van der Waals surface area contributed by atoms with E-state index in [0.717, 1.165) is 18.6 Å². The Morgan fingerprint density at radius 3 is 2.65 bits per heavy atom. The molecule has 1 fully saturated rings. The molecule has 1 saturated carbocycles. The highest BCUT2D eigenvalue weighted by molar-refractivity contribution is 7.89. The van der Waals surface area contributed by atoms with E-state index in [1.807, 2.05) is 37.3 Å². The maximum atomic E-state index is 12.3. The number of nitrogens with one attached hydrogen (secondary N) is 2. The summed E-state index contributed by atoms with van der Waals surface area (Å²) in [5.41, 5.74) is -0.101. The summed E-state index contributed by atoms with van der Waals surface area (Å²) in [6, 6.07) is 9.57. The van der Waals surface area contributed by atoms with Gasteiger partial charge in [0.25, 0.3) is 10.0 Å². The minimum absolute atomic E-state index is 0.101. The molecule has 0 atom stereocenters. The van der Waals surface area contributed by atoms with Gasteiger partial charge in [-0.25, -0.2) is 18.1 Å². The highest BCUT2D eigenvalue weighted by Crippen LogP contribution is 2.45. The first-order valence-electron chi connectivity index (χ1n) is 7.74. The van der Waals surface area contributed by atoms with Crippen LogP contribution < -0.4 is 9.46 Å². The molecule has 2 N–H and O–H groups in total. The smallest absolute Gasteiger partial charge is 0.257 e. The molecule has 6 nitrogen and oxygen atoms in total. The van der Waals surface area contributed by atoms with Crippen molar-refractivity contribution in [2.24, 2.45) is 5.41 Å². The molecule has 0 amide bonds. The fraction of sp³-hybridized carbons (Fsp3) is 0.438. The lowest BCUT2D eigenvalue weighted by Crippen LogP contribution is -2.33. The van der Waals surface area contributed by atoms with E-state index in [-0.39, 0.29) is 10.4 Å². The Bertz CT molecular complexity index is 752. The minimum Gasteiger partial charge on any atom is -0.493 e. The molecule has 2 aromatic rings. The van der Waals surface area contributed by atoms with Gasteiger partial charge >= 0.3 is 0 Å². The van der Waals surface area contributed by atoms with Crippen molar-refractivity contribution in [3.63, 3.8) is 0 Å². The SMILES string of the molecule is CCc1ncc(S(=O)(=O)NCC2(COc3ccccc3)CC2)[nH]1. The monoisotopic (exact) mass is 335 g/mol. The number of imidazole rings is 1. The number of ether oxygens (including phenoxy) is 1. The van der Waals surface area contributed by atoms with Gasteiger partial charge in [0.2, 0.25) is 0 Å². The molecule has 1 aliphatic rings. The third kappa shape index (κ3) is 3.92. The molecule has 7 heteroatoms. The lowest BCUT2D eigenvalue weighted by molar-refractivity contribution is 0.235. The van der Waals surface area contributed by atoms with Crippen LogP contribution in [0, 0.1) is 5.41 Å². The van der Waals surface area contributed by atoms with Crippen LogP contribution in [0.5, 0.6) is 5.75 Å². The first-order chi connectivity index (χ1) is 11.0. The summed E-state index contributed by atoms with van der Waals surface area (Å²) in [5, 5.41) is 0.120. The Labute approximate surface area is 136 Å². The predicted molar refractivity (Wildman–Crippen MR) is 86.8 cm³/mol. The van der Waals surface area contributed by atoms with Crippen molar-refractivity contribution in [3.05, 3.63) is 42.4 Å². The molecule has 0 saturated heterocycles. The number of nitrogens with zero attached hydrogens (tertiary/aromatic N) is 1. The lowest BCUT2D eigenvalue weighted by Gasteiger charge is -2.16. The Hall–Kier alpha value is -1.86. The molecule has 0 unspecified atom stereocenters.